The van der Waals surface area contributed by atoms with Crippen LogP contribution in [-0.2, 0) is 22.7 Å². The fourth-order valence-corrected chi connectivity index (χ4v) is 3.68. The number of nitrogens with zero attached hydrogens (tertiary/aromatic N) is 1. The third-order valence-corrected chi connectivity index (χ3v) is 5.25. The molecule has 34 heavy (non-hydrogen) atoms. The molecule has 3 rings (SSSR count). The summed E-state index contributed by atoms with van der Waals surface area (Å²) in [6.45, 7) is 5.72. The van der Waals surface area contributed by atoms with Crippen molar-refractivity contribution in [3.8, 4) is 11.5 Å². The smallest absolute Gasteiger partial charge is 0.410 e. The van der Waals surface area contributed by atoms with E-state index in [1.807, 2.05) is 0 Å². The van der Waals surface area contributed by atoms with Crippen molar-refractivity contribution >= 4 is 12.0 Å². The zero-order chi connectivity index (χ0) is 24.9. The Morgan fingerprint density at radius 2 is 1.91 bits per heavy atom. The third-order valence-electron chi connectivity index (χ3n) is 5.25. The third kappa shape index (κ3) is 6.59. The number of likely N-dealkylation sites (tertiary alicyclic amines) is 1. The molecule has 184 valence electrons. The summed E-state index contributed by atoms with van der Waals surface area (Å²) in [5, 5.41) is 2.76. The standard InChI is InChI=1S/C25H30F2N2O5/c1-25(2,3)34-24(31)29-10-6-9-20(29)23(30)28-14-17-12-19(27)22(13-21(17)32-4)33-15-16-7-5-8-18(26)11-16/h5,7-8,11-13,20H,6,9-10,14-15H2,1-4H3,(H,28,30). The minimum atomic E-state index is -0.663. The number of nitrogens with one attached hydrogen (secondary N) is 1. The van der Waals surface area contributed by atoms with E-state index >= 15 is 0 Å². The molecule has 1 fully saturated rings. The first-order chi connectivity index (χ1) is 16.1. The molecule has 1 unspecified atom stereocenters. The fourth-order valence-electron chi connectivity index (χ4n) is 3.68. The Labute approximate surface area is 198 Å². The van der Waals surface area contributed by atoms with Crippen LogP contribution in [0, 0.1) is 11.6 Å². The Hall–Kier alpha value is -3.36. The first-order valence-electron chi connectivity index (χ1n) is 11.1. The quantitative estimate of drug-likeness (QED) is 0.634. The minimum absolute atomic E-state index is 0.00175. The number of methoxy groups -OCH3 is 1. The Balaban J connectivity index is 1.64. The van der Waals surface area contributed by atoms with Crippen molar-refractivity contribution in [2.45, 2.75) is 58.4 Å². The van der Waals surface area contributed by atoms with Crippen molar-refractivity contribution in [3.05, 3.63) is 59.2 Å². The zero-order valence-corrected chi connectivity index (χ0v) is 19.8. The first kappa shape index (κ1) is 25.3. The van der Waals surface area contributed by atoms with Crippen molar-refractivity contribution in [3.63, 3.8) is 0 Å². The van der Waals surface area contributed by atoms with Gasteiger partial charge in [0, 0.05) is 24.7 Å². The van der Waals surface area contributed by atoms with E-state index in [2.05, 4.69) is 5.32 Å². The summed E-state index contributed by atoms with van der Waals surface area (Å²) in [5.41, 5.74) is 0.304. The highest BCUT2D eigenvalue weighted by Gasteiger charge is 2.36. The number of ether oxygens (including phenoxy) is 3. The second-order valence-corrected chi connectivity index (χ2v) is 9.06. The van der Waals surface area contributed by atoms with E-state index in [0.29, 0.717) is 36.3 Å². The lowest BCUT2D eigenvalue weighted by atomic mass is 10.1. The summed E-state index contributed by atoms with van der Waals surface area (Å²) in [7, 11) is 1.43. The lowest BCUT2D eigenvalue weighted by molar-refractivity contribution is -0.125. The van der Waals surface area contributed by atoms with E-state index in [-0.39, 0.29) is 24.8 Å². The minimum Gasteiger partial charge on any atom is -0.496 e. The molecule has 0 bridgehead atoms. The molecule has 1 saturated heterocycles. The van der Waals surface area contributed by atoms with Crippen LogP contribution in [0.2, 0.25) is 0 Å². The molecule has 0 spiro atoms. The molecule has 7 nitrogen and oxygen atoms in total. The molecule has 0 saturated carbocycles. The number of carbonyl (C=O) groups excluding carboxylic acids is 2. The van der Waals surface area contributed by atoms with Gasteiger partial charge in [0.05, 0.1) is 7.11 Å². The zero-order valence-electron chi connectivity index (χ0n) is 19.8. The SMILES string of the molecule is COc1cc(OCc2cccc(F)c2)c(F)cc1CNC(=O)C1CCCN1C(=O)OC(C)(C)C. The number of halogens is 2. The summed E-state index contributed by atoms with van der Waals surface area (Å²) in [5.74, 6) is -1.12. The maximum Gasteiger partial charge on any atom is 0.410 e. The fraction of sp³-hybridized carbons (Fsp3) is 0.440. The predicted molar refractivity (Wildman–Crippen MR) is 121 cm³/mol. The predicted octanol–water partition coefficient (Wildman–Crippen LogP) is 4.57. The number of benzene rings is 2. The molecule has 1 N–H and O–H groups in total. The Morgan fingerprint density at radius 1 is 1.15 bits per heavy atom. The van der Waals surface area contributed by atoms with Gasteiger partial charge >= 0.3 is 6.09 Å². The maximum absolute atomic E-state index is 14.7. The molecule has 1 aliphatic heterocycles. The van der Waals surface area contributed by atoms with Crippen LogP contribution in [0.1, 0.15) is 44.7 Å². The molecule has 1 atom stereocenters. The lowest BCUT2D eigenvalue weighted by Crippen LogP contribution is -2.47. The molecular weight excluding hydrogens is 446 g/mol. The molecule has 2 aromatic carbocycles. The topological polar surface area (TPSA) is 77.1 Å². The van der Waals surface area contributed by atoms with Crippen molar-refractivity contribution in [1.82, 2.24) is 10.2 Å². The summed E-state index contributed by atoms with van der Waals surface area (Å²) in [4.78, 5) is 26.6. The number of hydrogen-bond acceptors (Lipinski definition) is 5. The van der Waals surface area contributed by atoms with Crippen LogP contribution in [0.5, 0.6) is 11.5 Å². The summed E-state index contributed by atoms with van der Waals surface area (Å²) < 4.78 is 44.2. The van der Waals surface area contributed by atoms with Gasteiger partial charge in [0.2, 0.25) is 5.91 Å². The molecular formula is C25H30F2N2O5. The molecule has 0 aromatic heterocycles. The van der Waals surface area contributed by atoms with E-state index in [4.69, 9.17) is 14.2 Å². The van der Waals surface area contributed by atoms with Gasteiger partial charge in [0.15, 0.2) is 11.6 Å². The van der Waals surface area contributed by atoms with Crippen LogP contribution in [-0.4, -0.2) is 42.2 Å². The van der Waals surface area contributed by atoms with Crippen LogP contribution >= 0.6 is 0 Å². The molecule has 2 aromatic rings. The van der Waals surface area contributed by atoms with Gasteiger partial charge in [-0.05, 0) is 57.4 Å². The van der Waals surface area contributed by atoms with Crippen molar-refractivity contribution in [2.75, 3.05) is 13.7 Å². The van der Waals surface area contributed by atoms with Crippen LogP contribution in [0.25, 0.3) is 0 Å². The largest absolute Gasteiger partial charge is 0.496 e. The van der Waals surface area contributed by atoms with Crippen molar-refractivity contribution < 1.29 is 32.6 Å². The van der Waals surface area contributed by atoms with Gasteiger partial charge in [0.1, 0.15) is 29.8 Å². The lowest BCUT2D eigenvalue weighted by Gasteiger charge is -2.28. The van der Waals surface area contributed by atoms with Gasteiger partial charge in [-0.1, -0.05) is 12.1 Å². The molecule has 0 aliphatic carbocycles. The van der Waals surface area contributed by atoms with E-state index in [0.717, 1.165) is 0 Å². The number of carbonyl (C=O) groups is 2. The van der Waals surface area contributed by atoms with Crippen LogP contribution in [0.15, 0.2) is 36.4 Å². The highest BCUT2D eigenvalue weighted by Crippen LogP contribution is 2.29. The monoisotopic (exact) mass is 476 g/mol. The van der Waals surface area contributed by atoms with Crippen molar-refractivity contribution in [2.24, 2.45) is 0 Å². The number of hydrogen-bond donors (Lipinski definition) is 1. The average Bonchev–Trinajstić information content (AvgIpc) is 3.26. The Bertz CT molecular complexity index is 1040. The van der Waals surface area contributed by atoms with Gasteiger partial charge < -0.3 is 19.5 Å². The van der Waals surface area contributed by atoms with Gasteiger partial charge in [-0.3, -0.25) is 9.69 Å². The van der Waals surface area contributed by atoms with E-state index in [9.17, 15) is 18.4 Å². The number of rotatable bonds is 7. The van der Waals surface area contributed by atoms with E-state index in [1.165, 1.54) is 36.3 Å². The van der Waals surface area contributed by atoms with Crippen molar-refractivity contribution in [1.29, 1.82) is 0 Å². The van der Waals surface area contributed by atoms with Gasteiger partial charge in [-0.15, -0.1) is 0 Å². The van der Waals surface area contributed by atoms with Gasteiger partial charge in [-0.25, -0.2) is 13.6 Å². The molecule has 2 amide bonds. The molecule has 9 heteroatoms. The molecule has 1 heterocycles. The van der Waals surface area contributed by atoms with E-state index in [1.54, 1.807) is 32.9 Å². The van der Waals surface area contributed by atoms with Crippen LogP contribution in [0.3, 0.4) is 0 Å². The Morgan fingerprint density at radius 3 is 2.59 bits per heavy atom. The highest BCUT2D eigenvalue weighted by atomic mass is 19.1. The highest BCUT2D eigenvalue weighted by molar-refractivity contribution is 5.86. The average molecular weight is 477 g/mol. The molecule has 0 radical (unpaired) electrons. The van der Waals surface area contributed by atoms with Gasteiger partial charge in [-0.2, -0.15) is 0 Å². The van der Waals surface area contributed by atoms with Gasteiger partial charge in [0.25, 0.3) is 0 Å². The second kappa shape index (κ2) is 10.7. The summed E-state index contributed by atoms with van der Waals surface area (Å²) in [6.07, 6.45) is 0.671. The maximum atomic E-state index is 14.7. The Kier molecular flexibility index (Phi) is 7.96. The second-order valence-electron chi connectivity index (χ2n) is 9.06. The van der Waals surface area contributed by atoms with Crippen LogP contribution in [0.4, 0.5) is 13.6 Å². The normalized spacial score (nSPS) is 15.7. The number of amides is 2. The summed E-state index contributed by atoms with van der Waals surface area (Å²) in [6, 6.07) is 7.80. The summed E-state index contributed by atoms with van der Waals surface area (Å²) >= 11 is 0. The van der Waals surface area contributed by atoms with E-state index < -0.39 is 29.4 Å². The first-order valence-corrected chi connectivity index (χ1v) is 11.1. The van der Waals surface area contributed by atoms with Crippen LogP contribution < -0.4 is 14.8 Å². The molecule has 1 aliphatic rings.